The van der Waals surface area contributed by atoms with Gasteiger partial charge in [0.15, 0.2) is 0 Å². The number of carboxylic acid groups (broad SMARTS) is 1. The van der Waals surface area contributed by atoms with Crippen molar-refractivity contribution in [2.45, 2.75) is 54.9 Å². The Kier molecular flexibility index (Phi) is 10.5. The summed E-state index contributed by atoms with van der Waals surface area (Å²) in [5.74, 6) is 0.0302. The van der Waals surface area contributed by atoms with Crippen LogP contribution in [-0.2, 0) is 22.6 Å². The summed E-state index contributed by atoms with van der Waals surface area (Å²) >= 11 is 1.56. The van der Waals surface area contributed by atoms with Crippen LogP contribution in [0.15, 0.2) is 82.6 Å². The molecule has 3 rings (SSSR count). The molecule has 0 radical (unpaired) electrons. The van der Waals surface area contributed by atoms with E-state index < -0.39 is 12.1 Å². The van der Waals surface area contributed by atoms with Gasteiger partial charge in [0, 0.05) is 16.2 Å². The van der Waals surface area contributed by atoms with Gasteiger partial charge in [0.1, 0.15) is 12.4 Å². The van der Waals surface area contributed by atoms with Gasteiger partial charge in [-0.05, 0) is 60.7 Å². The molecule has 3 aromatic rings. The summed E-state index contributed by atoms with van der Waals surface area (Å²) in [7, 11) is 1.64. The highest BCUT2D eigenvalue weighted by molar-refractivity contribution is 7.99. The molecular weight excluding hydrogens is 462 g/mol. The fourth-order valence-electron chi connectivity index (χ4n) is 3.59. The van der Waals surface area contributed by atoms with Crippen molar-refractivity contribution >= 4 is 29.5 Å². The van der Waals surface area contributed by atoms with E-state index >= 15 is 0 Å². The Labute approximate surface area is 210 Å². The molecule has 6 nitrogen and oxygen atoms in total. The summed E-state index contributed by atoms with van der Waals surface area (Å²) < 4.78 is 10.7. The third-order valence-electron chi connectivity index (χ3n) is 5.43. The lowest BCUT2D eigenvalue weighted by molar-refractivity contribution is -0.137. The molecule has 0 saturated carbocycles. The number of nitrogens with one attached hydrogen (secondary N) is 1. The molecule has 35 heavy (non-hydrogen) atoms. The number of para-hydroxylation sites is 1. The molecule has 3 aromatic carbocycles. The second-order valence-corrected chi connectivity index (χ2v) is 9.18. The zero-order valence-corrected chi connectivity index (χ0v) is 20.7. The van der Waals surface area contributed by atoms with Gasteiger partial charge in [-0.3, -0.25) is 10.1 Å². The monoisotopic (exact) mass is 493 g/mol. The molecule has 0 spiro atoms. The number of anilines is 1. The topological polar surface area (TPSA) is 84.9 Å². The highest BCUT2D eigenvalue weighted by Crippen LogP contribution is 2.37. The van der Waals surface area contributed by atoms with Gasteiger partial charge in [0.05, 0.1) is 12.8 Å². The SMILES string of the molecule is COc1ccc(Sc2cccc(CCCCCCC(=O)O)c2NC(=O)OCc2ccccc2)cc1. The van der Waals surface area contributed by atoms with Crippen molar-refractivity contribution in [1.82, 2.24) is 0 Å². The van der Waals surface area contributed by atoms with Gasteiger partial charge >= 0.3 is 12.1 Å². The molecule has 0 aromatic heterocycles. The lowest BCUT2D eigenvalue weighted by Gasteiger charge is -2.16. The first-order valence-corrected chi connectivity index (χ1v) is 12.5. The van der Waals surface area contributed by atoms with E-state index in [9.17, 15) is 9.59 Å². The fraction of sp³-hybridized carbons (Fsp3) is 0.286. The summed E-state index contributed by atoms with van der Waals surface area (Å²) in [6.07, 6.45) is 3.87. The number of rotatable bonds is 13. The Balaban J connectivity index is 1.70. The van der Waals surface area contributed by atoms with Crippen LogP contribution in [0.25, 0.3) is 0 Å². The van der Waals surface area contributed by atoms with Gasteiger partial charge < -0.3 is 14.6 Å². The third-order valence-corrected chi connectivity index (χ3v) is 6.49. The number of amides is 1. The van der Waals surface area contributed by atoms with Gasteiger partial charge in [-0.15, -0.1) is 0 Å². The molecule has 184 valence electrons. The average Bonchev–Trinajstić information content (AvgIpc) is 2.87. The van der Waals surface area contributed by atoms with Crippen LogP contribution in [0.2, 0.25) is 0 Å². The third kappa shape index (κ3) is 9.02. The predicted molar refractivity (Wildman–Crippen MR) is 138 cm³/mol. The van der Waals surface area contributed by atoms with Crippen LogP contribution in [0, 0.1) is 0 Å². The normalized spacial score (nSPS) is 10.5. The van der Waals surface area contributed by atoms with Crippen molar-refractivity contribution in [2.75, 3.05) is 12.4 Å². The van der Waals surface area contributed by atoms with Gasteiger partial charge in [0.2, 0.25) is 0 Å². The minimum Gasteiger partial charge on any atom is -0.497 e. The lowest BCUT2D eigenvalue weighted by atomic mass is 10.0. The van der Waals surface area contributed by atoms with Crippen molar-refractivity contribution in [3.05, 3.63) is 83.9 Å². The largest absolute Gasteiger partial charge is 0.497 e. The first-order chi connectivity index (χ1) is 17.0. The van der Waals surface area contributed by atoms with Crippen molar-refractivity contribution in [2.24, 2.45) is 0 Å². The summed E-state index contributed by atoms with van der Waals surface area (Å²) in [5.41, 5.74) is 2.69. The summed E-state index contributed by atoms with van der Waals surface area (Å²) in [4.78, 5) is 25.3. The number of hydrogen-bond donors (Lipinski definition) is 2. The fourth-order valence-corrected chi connectivity index (χ4v) is 4.55. The Morgan fingerprint density at radius 2 is 1.63 bits per heavy atom. The number of methoxy groups -OCH3 is 1. The summed E-state index contributed by atoms with van der Waals surface area (Å²) in [6.45, 7) is 0.194. The Morgan fingerprint density at radius 1 is 0.886 bits per heavy atom. The molecule has 7 heteroatoms. The number of carbonyl (C=O) groups is 2. The second-order valence-electron chi connectivity index (χ2n) is 8.06. The first-order valence-electron chi connectivity index (χ1n) is 11.7. The molecular formula is C28H31NO5S. The van der Waals surface area contributed by atoms with E-state index in [1.165, 1.54) is 0 Å². The number of unbranched alkanes of at least 4 members (excludes halogenated alkanes) is 3. The number of aliphatic carboxylic acids is 1. The van der Waals surface area contributed by atoms with E-state index in [1.54, 1.807) is 18.9 Å². The molecule has 0 aliphatic heterocycles. The maximum absolute atomic E-state index is 12.7. The van der Waals surface area contributed by atoms with E-state index in [4.69, 9.17) is 14.6 Å². The Bertz CT molecular complexity index is 1090. The molecule has 1 amide bonds. The highest BCUT2D eigenvalue weighted by Gasteiger charge is 2.14. The molecule has 0 bridgehead atoms. The lowest BCUT2D eigenvalue weighted by Crippen LogP contribution is -2.15. The molecule has 0 fully saturated rings. The average molecular weight is 494 g/mol. The Hall–Kier alpha value is -3.45. The number of benzene rings is 3. The van der Waals surface area contributed by atoms with Crippen molar-refractivity contribution < 1.29 is 24.2 Å². The standard InChI is InChI=1S/C28H31NO5S/c1-33-23-16-18-24(19-17-23)35-25-14-9-13-22(12-7-2-3-8-15-26(30)31)27(25)29-28(32)34-20-21-10-5-4-6-11-21/h4-6,9-11,13-14,16-19H,2-3,7-8,12,15,20H2,1H3,(H,29,32)(H,30,31). The van der Waals surface area contributed by atoms with Crippen LogP contribution in [0.4, 0.5) is 10.5 Å². The van der Waals surface area contributed by atoms with Gasteiger partial charge in [-0.25, -0.2) is 4.79 Å². The number of hydrogen-bond acceptors (Lipinski definition) is 5. The molecule has 0 saturated heterocycles. The van der Waals surface area contributed by atoms with Gasteiger partial charge in [-0.2, -0.15) is 0 Å². The number of carbonyl (C=O) groups excluding carboxylic acids is 1. The minimum absolute atomic E-state index is 0.194. The van der Waals surface area contributed by atoms with E-state index in [0.717, 1.165) is 58.0 Å². The maximum Gasteiger partial charge on any atom is 0.411 e. The van der Waals surface area contributed by atoms with Crippen LogP contribution < -0.4 is 10.1 Å². The van der Waals surface area contributed by atoms with Crippen LogP contribution in [0.3, 0.4) is 0 Å². The van der Waals surface area contributed by atoms with Crippen LogP contribution >= 0.6 is 11.8 Å². The number of aryl methyl sites for hydroxylation is 1. The zero-order chi connectivity index (χ0) is 24.9. The molecule has 0 heterocycles. The van der Waals surface area contributed by atoms with Crippen molar-refractivity contribution in [1.29, 1.82) is 0 Å². The van der Waals surface area contributed by atoms with Crippen molar-refractivity contribution in [3.63, 3.8) is 0 Å². The maximum atomic E-state index is 12.7. The van der Waals surface area contributed by atoms with Crippen molar-refractivity contribution in [3.8, 4) is 5.75 Å². The van der Waals surface area contributed by atoms with E-state index in [2.05, 4.69) is 5.32 Å². The first kappa shape index (κ1) is 26.2. The van der Waals surface area contributed by atoms with E-state index in [0.29, 0.717) is 6.42 Å². The minimum atomic E-state index is -0.756. The molecule has 0 unspecified atom stereocenters. The van der Waals surface area contributed by atoms with E-state index in [1.807, 2.05) is 72.8 Å². The second kappa shape index (κ2) is 14.1. The molecule has 2 N–H and O–H groups in total. The Morgan fingerprint density at radius 3 is 2.34 bits per heavy atom. The van der Waals surface area contributed by atoms with Crippen LogP contribution in [-0.4, -0.2) is 24.3 Å². The summed E-state index contributed by atoms with van der Waals surface area (Å²) in [5, 5.41) is 11.8. The number of carboxylic acids is 1. The number of ether oxygens (including phenoxy) is 2. The van der Waals surface area contributed by atoms with Gasteiger partial charge in [0.25, 0.3) is 0 Å². The quantitative estimate of drug-likeness (QED) is 0.246. The molecule has 0 aliphatic rings. The highest BCUT2D eigenvalue weighted by atomic mass is 32.2. The summed E-state index contributed by atoms with van der Waals surface area (Å²) in [6, 6.07) is 23.3. The van der Waals surface area contributed by atoms with Gasteiger partial charge in [-0.1, -0.05) is 67.1 Å². The zero-order valence-electron chi connectivity index (χ0n) is 19.9. The smallest absolute Gasteiger partial charge is 0.411 e. The van der Waals surface area contributed by atoms with Crippen LogP contribution in [0.5, 0.6) is 5.75 Å². The molecule has 0 aliphatic carbocycles. The van der Waals surface area contributed by atoms with Crippen LogP contribution in [0.1, 0.15) is 43.2 Å². The predicted octanol–water partition coefficient (Wildman–Crippen LogP) is 7.17. The molecule has 0 atom stereocenters. The van der Waals surface area contributed by atoms with E-state index in [-0.39, 0.29) is 13.0 Å².